The average Bonchev–Trinajstić information content (AvgIpc) is 3.26. The van der Waals surface area contributed by atoms with Crippen LogP contribution in [-0.4, -0.2) is 27.8 Å². The molecule has 0 atom stereocenters. The number of thiazole rings is 1. The maximum absolute atomic E-state index is 12.3. The Hall–Kier alpha value is -3.00. The van der Waals surface area contributed by atoms with E-state index < -0.39 is 5.97 Å². The quantitative estimate of drug-likeness (QED) is 0.647. The molecule has 0 radical (unpaired) electrons. The van der Waals surface area contributed by atoms with Crippen LogP contribution in [-0.2, 0) is 16.1 Å². The number of ether oxygens (including phenoxy) is 1. The molecule has 0 bridgehead atoms. The lowest BCUT2D eigenvalue weighted by atomic mass is 10.2. The normalized spacial score (nSPS) is 14.1. The van der Waals surface area contributed by atoms with E-state index in [1.54, 1.807) is 29.2 Å². The minimum atomic E-state index is -0.501. The second-order valence-corrected chi connectivity index (χ2v) is 7.19. The lowest BCUT2D eigenvalue weighted by molar-refractivity contribution is -0.117. The first kappa shape index (κ1) is 17.4. The van der Waals surface area contributed by atoms with E-state index in [0.29, 0.717) is 29.2 Å². The zero-order valence-corrected chi connectivity index (χ0v) is 15.5. The van der Waals surface area contributed by atoms with Gasteiger partial charge in [-0.3, -0.25) is 14.0 Å². The zero-order chi connectivity index (χ0) is 19.0. The van der Waals surface area contributed by atoms with Crippen molar-refractivity contribution in [3.63, 3.8) is 0 Å². The molecule has 0 saturated carbocycles. The molecule has 1 saturated heterocycles. The van der Waals surface area contributed by atoms with Crippen molar-refractivity contribution in [1.82, 2.24) is 9.38 Å². The van der Waals surface area contributed by atoms with Crippen molar-refractivity contribution < 1.29 is 14.3 Å². The smallest absolute Gasteiger partial charge is 0.338 e. The van der Waals surface area contributed by atoms with Crippen LogP contribution in [0.3, 0.4) is 0 Å². The third kappa shape index (κ3) is 3.35. The summed E-state index contributed by atoms with van der Waals surface area (Å²) in [5.74, 6) is -0.402. The van der Waals surface area contributed by atoms with Crippen molar-refractivity contribution in [2.45, 2.75) is 26.4 Å². The Morgan fingerprint density at radius 2 is 2.04 bits per heavy atom. The van der Waals surface area contributed by atoms with Crippen LogP contribution in [0.4, 0.5) is 5.69 Å². The highest BCUT2D eigenvalue weighted by molar-refractivity contribution is 7.15. The third-order valence-corrected chi connectivity index (χ3v) is 5.41. The average molecular weight is 383 g/mol. The van der Waals surface area contributed by atoms with Crippen LogP contribution in [0, 0.1) is 6.92 Å². The monoisotopic (exact) mass is 383 g/mol. The molecule has 3 heterocycles. The summed E-state index contributed by atoms with van der Waals surface area (Å²) in [5, 5.41) is 1.85. The topological polar surface area (TPSA) is 81.0 Å². The number of fused-ring (bicyclic) bond motifs is 1. The van der Waals surface area contributed by atoms with Gasteiger partial charge >= 0.3 is 5.97 Å². The molecular formula is C19H17N3O4S. The van der Waals surface area contributed by atoms with E-state index in [2.05, 4.69) is 4.98 Å². The van der Waals surface area contributed by atoms with E-state index in [9.17, 15) is 14.4 Å². The molecule has 138 valence electrons. The second kappa shape index (κ2) is 6.96. The molecular weight excluding hydrogens is 366 g/mol. The molecule has 1 fully saturated rings. The van der Waals surface area contributed by atoms with Crippen molar-refractivity contribution in [3.05, 3.63) is 63.0 Å². The van der Waals surface area contributed by atoms with Gasteiger partial charge in [-0.25, -0.2) is 9.78 Å². The van der Waals surface area contributed by atoms with E-state index in [1.807, 2.05) is 12.3 Å². The Bertz CT molecular complexity index is 1080. The maximum atomic E-state index is 12.3. The first-order valence-corrected chi connectivity index (χ1v) is 9.45. The Morgan fingerprint density at radius 1 is 1.26 bits per heavy atom. The van der Waals surface area contributed by atoms with Gasteiger partial charge in [0.1, 0.15) is 6.61 Å². The van der Waals surface area contributed by atoms with Gasteiger partial charge in [-0.15, -0.1) is 11.3 Å². The molecule has 0 spiro atoms. The molecule has 3 aromatic rings. The first-order valence-electron chi connectivity index (χ1n) is 8.57. The number of aromatic nitrogens is 2. The Kier molecular flexibility index (Phi) is 4.49. The number of carbonyl (C=O) groups is 2. The second-order valence-electron chi connectivity index (χ2n) is 6.35. The molecule has 1 aliphatic rings. The Balaban J connectivity index is 1.45. The summed E-state index contributed by atoms with van der Waals surface area (Å²) in [6, 6.07) is 8.13. The number of hydrogen-bond donors (Lipinski definition) is 0. The minimum Gasteiger partial charge on any atom is -0.456 e. The van der Waals surface area contributed by atoms with Crippen molar-refractivity contribution in [3.8, 4) is 0 Å². The number of esters is 1. The summed E-state index contributed by atoms with van der Waals surface area (Å²) in [6.07, 6.45) is 1.41. The summed E-state index contributed by atoms with van der Waals surface area (Å²) in [6.45, 7) is 2.47. The number of nitrogens with zero attached hydrogens (tertiary/aromatic N) is 3. The molecule has 7 nitrogen and oxygen atoms in total. The number of aryl methyl sites for hydroxylation is 1. The fourth-order valence-electron chi connectivity index (χ4n) is 3.10. The summed E-state index contributed by atoms with van der Waals surface area (Å²) in [5.41, 5.74) is 2.21. The van der Waals surface area contributed by atoms with Crippen molar-refractivity contribution in [2.75, 3.05) is 11.4 Å². The molecule has 4 rings (SSSR count). The van der Waals surface area contributed by atoms with Gasteiger partial charge < -0.3 is 9.64 Å². The number of hydrogen-bond acceptors (Lipinski definition) is 6. The number of carbonyl (C=O) groups excluding carboxylic acids is 2. The fraction of sp³-hybridized carbons (Fsp3) is 0.263. The van der Waals surface area contributed by atoms with Gasteiger partial charge in [0, 0.05) is 35.8 Å². The molecule has 0 aliphatic carbocycles. The third-order valence-electron chi connectivity index (χ3n) is 4.47. The molecule has 2 aromatic heterocycles. The standard InChI is InChI=1S/C19H17N3O4S/c1-12-11-27-19-20-14(9-17(24)22(12)19)10-26-18(25)13-4-6-15(7-5-13)21-8-2-3-16(21)23/h4-7,9,11H,2-3,8,10H2,1H3. The maximum Gasteiger partial charge on any atom is 0.338 e. The molecule has 1 aromatic carbocycles. The molecule has 1 amide bonds. The number of anilines is 1. The van der Waals surface area contributed by atoms with Crippen LogP contribution < -0.4 is 10.5 Å². The lowest BCUT2D eigenvalue weighted by Crippen LogP contribution is -2.23. The van der Waals surface area contributed by atoms with E-state index in [4.69, 9.17) is 4.74 Å². The van der Waals surface area contributed by atoms with Gasteiger partial charge in [0.05, 0.1) is 11.3 Å². The SMILES string of the molecule is Cc1csc2nc(COC(=O)c3ccc(N4CCCC4=O)cc3)cc(=O)n12. The van der Waals surface area contributed by atoms with E-state index in [1.165, 1.54) is 21.8 Å². The highest BCUT2D eigenvalue weighted by Gasteiger charge is 2.21. The molecule has 0 unspecified atom stereocenters. The van der Waals surface area contributed by atoms with Gasteiger partial charge in [0.15, 0.2) is 4.96 Å². The van der Waals surface area contributed by atoms with Crippen LogP contribution >= 0.6 is 11.3 Å². The summed E-state index contributed by atoms with van der Waals surface area (Å²) < 4.78 is 6.81. The molecule has 8 heteroatoms. The van der Waals surface area contributed by atoms with E-state index >= 15 is 0 Å². The minimum absolute atomic E-state index is 0.0755. The molecule has 27 heavy (non-hydrogen) atoms. The van der Waals surface area contributed by atoms with Crippen molar-refractivity contribution in [1.29, 1.82) is 0 Å². The summed E-state index contributed by atoms with van der Waals surface area (Å²) >= 11 is 1.37. The Morgan fingerprint density at radius 3 is 2.74 bits per heavy atom. The van der Waals surface area contributed by atoms with E-state index in [0.717, 1.165) is 17.8 Å². The lowest BCUT2D eigenvalue weighted by Gasteiger charge is -2.15. The van der Waals surface area contributed by atoms with Gasteiger partial charge in [0.25, 0.3) is 5.56 Å². The van der Waals surface area contributed by atoms with Crippen LogP contribution in [0.2, 0.25) is 0 Å². The van der Waals surface area contributed by atoms with Gasteiger partial charge in [0.2, 0.25) is 5.91 Å². The Labute approximate surface area is 158 Å². The fourth-order valence-corrected chi connectivity index (χ4v) is 3.99. The van der Waals surface area contributed by atoms with Crippen LogP contribution in [0.1, 0.15) is 34.6 Å². The predicted octanol–water partition coefficient (Wildman–Crippen LogP) is 2.55. The largest absolute Gasteiger partial charge is 0.456 e. The number of benzene rings is 1. The first-order chi connectivity index (χ1) is 13.0. The zero-order valence-electron chi connectivity index (χ0n) is 14.7. The van der Waals surface area contributed by atoms with E-state index in [-0.39, 0.29) is 18.1 Å². The van der Waals surface area contributed by atoms with Crippen molar-refractivity contribution in [2.24, 2.45) is 0 Å². The van der Waals surface area contributed by atoms with Gasteiger partial charge in [-0.1, -0.05) is 0 Å². The van der Waals surface area contributed by atoms with Crippen LogP contribution in [0.5, 0.6) is 0 Å². The number of rotatable bonds is 4. The van der Waals surface area contributed by atoms with Crippen LogP contribution in [0.25, 0.3) is 4.96 Å². The van der Waals surface area contributed by atoms with Crippen LogP contribution in [0.15, 0.2) is 40.5 Å². The highest BCUT2D eigenvalue weighted by Crippen LogP contribution is 2.22. The highest BCUT2D eigenvalue weighted by atomic mass is 32.1. The summed E-state index contributed by atoms with van der Waals surface area (Å²) in [7, 11) is 0. The van der Waals surface area contributed by atoms with Gasteiger partial charge in [-0.05, 0) is 37.6 Å². The van der Waals surface area contributed by atoms with Crippen molar-refractivity contribution >= 4 is 33.9 Å². The molecule has 1 aliphatic heterocycles. The molecule has 0 N–H and O–H groups in total. The summed E-state index contributed by atoms with van der Waals surface area (Å²) in [4.78, 5) is 42.8. The van der Waals surface area contributed by atoms with Gasteiger partial charge in [-0.2, -0.15) is 0 Å². The predicted molar refractivity (Wildman–Crippen MR) is 101 cm³/mol. The number of amides is 1.